The van der Waals surface area contributed by atoms with Crippen LogP contribution in [0, 0.1) is 6.92 Å². The highest BCUT2D eigenvalue weighted by molar-refractivity contribution is 7.98. The lowest BCUT2D eigenvalue weighted by atomic mass is 10.2. The second-order valence-electron chi connectivity index (χ2n) is 6.53. The Morgan fingerprint density at radius 3 is 2.50 bits per heavy atom. The zero-order valence-electron chi connectivity index (χ0n) is 15.1. The zero-order valence-corrected chi connectivity index (χ0v) is 16.7. The monoisotopic (exact) mass is 392 g/mol. The van der Waals surface area contributed by atoms with Gasteiger partial charge in [-0.2, -0.15) is 0 Å². The van der Waals surface area contributed by atoms with Crippen LogP contribution in [0.2, 0.25) is 0 Å². The maximum Gasteiger partial charge on any atom is 0.238 e. The first-order valence-corrected chi connectivity index (χ1v) is 11.3. The summed E-state index contributed by atoms with van der Waals surface area (Å²) in [5.41, 5.74) is 1.99. The summed E-state index contributed by atoms with van der Waals surface area (Å²) in [6.45, 7) is 4.73. The lowest BCUT2D eigenvalue weighted by Gasteiger charge is -2.19. The quantitative estimate of drug-likeness (QED) is 0.758. The Hall–Kier alpha value is -1.54. The first-order chi connectivity index (χ1) is 12.4. The number of hydrogen-bond donors (Lipinski definition) is 1. The molecule has 1 aliphatic heterocycles. The Morgan fingerprint density at radius 1 is 1.15 bits per heavy atom. The molecular formula is C19H24N2O3S2. The van der Waals surface area contributed by atoms with Crippen molar-refractivity contribution in [1.82, 2.24) is 4.90 Å². The summed E-state index contributed by atoms with van der Waals surface area (Å²) in [7, 11) is -3.74. The predicted octanol–water partition coefficient (Wildman–Crippen LogP) is 3.75. The Kier molecular flexibility index (Phi) is 5.92. The molecule has 0 radical (unpaired) electrons. The summed E-state index contributed by atoms with van der Waals surface area (Å²) in [4.78, 5) is 3.63. The minimum atomic E-state index is -3.74. The van der Waals surface area contributed by atoms with Crippen LogP contribution >= 0.6 is 11.8 Å². The average Bonchev–Trinajstić information content (AvgIpc) is 3.09. The molecule has 1 aliphatic rings. The van der Waals surface area contributed by atoms with E-state index < -0.39 is 10.0 Å². The smallest absolute Gasteiger partial charge is 0.238 e. The van der Waals surface area contributed by atoms with Gasteiger partial charge in [0.2, 0.25) is 10.0 Å². The van der Waals surface area contributed by atoms with E-state index >= 15 is 0 Å². The summed E-state index contributed by atoms with van der Waals surface area (Å²) < 4.78 is 29.6. The summed E-state index contributed by atoms with van der Waals surface area (Å²) in [5.74, 6) is 1.41. The Balaban J connectivity index is 1.92. The summed E-state index contributed by atoms with van der Waals surface area (Å²) >= 11 is 1.70. The van der Waals surface area contributed by atoms with Gasteiger partial charge in [0.1, 0.15) is 11.5 Å². The fourth-order valence-electron chi connectivity index (χ4n) is 3.18. The Bertz CT molecular complexity index is 892. The molecule has 0 amide bonds. The summed E-state index contributed by atoms with van der Waals surface area (Å²) in [5, 5.41) is 5.30. The van der Waals surface area contributed by atoms with E-state index in [1.165, 1.54) is 23.8 Å². The van der Waals surface area contributed by atoms with E-state index in [1.807, 2.05) is 31.4 Å². The molecule has 140 valence electrons. The molecule has 2 aromatic rings. The van der Waals surface area contributed by atoms with Gasteiger partial charge in [0.05, 0.1) is 4.90 Å². The van der Waals surface area contributed by atoms with Gasteiger partial charge in [0.15, 0.2) is 0 Å². The van der Waals surface area contributed by atoms with Crippen molar-refractivity contribution in [1.29, 1.82) is 0 Å². The van der Waals surface area contributed by atoms with E-state index in [0.717, 1.165) is 30.0 Å². The second kappa shape index (κ2) is 8.00. The van der Waals surface area contributed by atoms with Gasteiger partial charge in [-0.1, -0.05) is 0 Å². The highest BCUT2D eigenvalue weighted by Crippen LogP contribution is 2.31. The maximum atomic E-state index is 11.7. The molecule has 0 aromatic heterocycles. The third-order valence-corrected chi connectivity index (χ3v) is 6.36. The molecule has 1 heterocycles. The van der Waals surface area contributed by atoms with Crippen molar-refractivity contribution in [3.8, 4) is 11.5 Å². The number of aryl methyl sites for hydroxylation is 1. The van der Waals surface area contributed by atoms with Crippen LogP contribution in [0.5, 0.6) is 11.5 Å². The molecule has 0 unspecified atom stereocenters. The van der Waals surface area contributed by atoms with Crippen molar-refractivity contribution in [2.75, 3.05) is 19.3 Å². The van der Waals surface area contributed by atoms with Gasteiger partial charge in [-0.25, -0.2) is 13.6 Å². The lowest BCUT2D eigenvalue weighted by molar-refractivity contribution is 0.325. The molecule has 0 bridgehead atoms. The van der Waals surface area contributed by atoms with Crippen LogP contribution in [0.1, 0.15) is 24.0 Å². The molecule has 2 aromatic carbocycles. The molecule has 1 saturated heterocycles. The number of primary sulfonamides is 1. The van der Waals surface area contributed by atoms with Crippen LogP contribution in [-0.4, -0.2) is 32.7 Å². The first-order valence-electron chi connectivity index (χ1n) is 8.57. The van der Waals surface area contributed by atoms with Gasteiger partial charge < -0.3 is 4.74 Å². The Morgan fingerprint density at radius 2 is 1.88 bits per heavy atom. The van der Waals surface area contributed by atoms with Crippen molar-refractivity contribution < 1.29 is 13.2 Å². The molecule has 0 spiro atoms. The number of thioether (sulfide) groups is 1. The van der Waals surface area contributed by atoms with Crippen molar-refractivity contribution >= 4 is 21.8 Å². The molecule has 3 rings (SSSR count). The number of nitrogens with two attached hydrogens (primary N) is 1. The molecule has 2 N–H and O–H groups in total. The molecule has 7 heteroatoms. The number of nitrogens with zero attached hydrogens (tertiary/aromatic N) is 1. The van der Waals surface area contributed by atoms with Crippen LogP contribution in [0.15, 0.2) is 46.2 Å². The van der Waals surface area contributed by atoms with Gasteiger partial charge in [0, 0.05) is 17.0 Å². The van der Waals surface area contributed by atoms with Gasteiger partial charge in [-0.15, -0.1) is 11.8 Å². The fraction of sp³-hybridized carbons (Fsp3) is 0.368. The Labute approximate surface area is 159 Å². The van der Waals surface area contributed by atoms with E-state index in [4.69, 9.17) is 9.88 Å². The van der Waals surface area contributed by atoms with Gasteiger partial charge in [-0.3, -0.25) is 4.90 Å². The van der Waals surface area contributed by atoms with Crippen molar-refractivity contribution in [2.45, 2.75) is 36.1 Å². The van der Waals surface area contributed by atoms with E-state index in [1.54, 1.807) is 23.9 Å². The largest absolute Gasteiger partial charge is 0.457 e. The molecule has 0 aliphatic carbocycles. The zero-order chi connectivity index (χ0) is 18.7. The van der Waals surface area contributed by atoms with Gasteiger partial charge in [-0.05, 0) is 81.1 Å². The second-order valence-corrected chi connectivity index (χ2v) is 8.94. The topological polar surface area (TPSA) is 72.6 Å². The number of hydrogen-bond acceptors (Lipinski definition) is 5. The molecule has 5 nitrogen and oxygen atoms in total. The van der Waals surface area contributed by atoms with Crippen LogP contribution in [-0.2, 0) is 16.6 Å². The molecule has 0 atom stereocenters. The maximum absolute atomic E-state index is 11.7. The molecular weight excluding hydrogens is 368 g/mol. The van der Waals surface area contributed by atoms with Crippen LogP contribution in [0.3, 0.4) is 0 Å². The van der Waals surface area contributed by atoms with Crippen LogP contribution < -0.4 is 9.88 Å². The molecule has 1 fully saturated rings. The SMILES string of the molecule is CSc1ccc(Oc2ccc(S(N)(=O)=O)cc2CN2CCCC2)cc1C. The minimum Gasteiger partial charge on any atom is -0.457 e. The number of rotatable bonds is 6. The third-order valence-electron chi connectivity index (χ3n) is 4.55. The van der Waals surface area contributed by atoms with Gasteiger partial charge in [0.25, 0.3) is 0 Å². The third kappa shape index (κ3) is 4.59. The van der Waals surface area contributed by atoms with E-state index in [9.17, 15) is 8.42 Å². The minimum absolute atomic E-state index is 0.118. The fourth-order valence-corrected chi connectivity index (χ4v) is 4.33. The number of sulfonamides is 1. The van der Waals surface area contributed by atoms with Gasteiger partial charge >= 0.3 is 0 Å². The number of benzene rings is 2. The van der Waals surface area contributed by atoms with Crippen LogP contribution in [0.25, 0.3) is 0 Å². The van der Waals surface area contributed by atoms with Crippen molar-refractivity contribution in [3.05, 3.63) is 47.5 Å². The number of ether oxygens (including phenoxy) is 1. The highest BCUT2D eigenvalue weighted by Gasteiger charge is 2.18. The average molecular weight is 393 g/mol. The van der Waals surface area contributed by atoms with Crippen molar-refractivity contribution in [3.63, 3.8) is 0 Å². The van der Waals surface area contributed by atoms with Crippen molar-refractivity contribution in [2.24, 2.45) is 5.14 Å². The first kappa shape index (κ1) is 19.2. The number of likely N-dealkylation sites (tertiary alicyclic amines) is 1. The molecule has 0 saturated carbocycles. The molecule has 26 heavy (non-hydrogen) atoms. The normalized spacial score (nSPS) is 15.3. The summed E-state index contributed by atoms with van der Waals surface area (Å²) in [6.07, 6.45) is 4.38. The predicted molar refractivity (Wildman–Crippen MR) is 105 cm³/mol. The van der Waals surface area contributed by atoms with E-state index in [-0.39, 0.29) is 4.90 Å². The van der Waals surface area contributed by atoms with Crippen LogP contribution in [0.4, 0.5) is 0 Å². The summed E-state index contributed by atoms with van der Waals surface area (Å²) in [6, 6.07) is 10.8. The van der Waals surface area contributed by atoms with E-state index in [2.05, 4.69) is 4.90 Å². The lowest BCUT2D eigenvalue weighted by Crippen LogP contribution is -2.19. The standard InChI is InChI=1S/C19H24N2O3S2/c1-14-11-16(5-8-19(14)25-2)24-18-7-6-17(26(20,22)23)12-15(18)13-21-9-3-4-10-21/h5-8,11-12H,3-4,9-10,13H2,1-2H3,(H2,20,22,23). The van der Waals surface area contributed by atoms with E-state index in [0.29, 0.717) is 12.3 Å². The highest BCUT2D eigenvalue weighted by atomic mass is 32.2.